The van der Waals surface area contributed by atoms with Crippen LogP contribution in [-0.4, -0.2) is 28.4 Å². The van der Waals surface area contributed by atoms with Gasteiger partial charge in [-0.15, -0.1) is 0 Å². The second-order valence-electron chi connectivity index (χ2n) is 8.99. The minimum absolute atomic E-state index is 0.00728. The maximum atomic E-state index is 13.6. The van der Waals surface area contributed by atoms with Gasteiger partial charge in [0.1, 0.15) is 17.5 Å². The van der Waals surface area contributed by atoms with Crippen molar-refractivity contribution in [2.45, 2.75) is 51.2 Å². The lowest BCUT2D eigenvalue weighted by Gasteiger charge is -2.47. The van der Waals surface area contributed by atoms with E-state index in [-0.39, 0.29) is 41.6 Å². The van der Waals surface area contributed by atoms with Crippen molar-refractivity contribution in [1.82, 2.24) is 4.98 Å². The van der Waals surface area contributed by atoms with Crippen LogP contribution in [0.5, 0.6) is 0 Å². The Bertz CT molecular complexity index is 1020. The van der Waals surface area contributed by atoms with Gasteiger partial charge in [-0.1, -0.05) is 30.3 Å². The van der Waals surface area contributed by atoms with Crippen LogP contribution >= 0.6 is 0 Å². The van der Waals surface area contributed by atoms with Gasteiger partial charge >= 0.3 is 5.97 Å². The number of rotatable bonds is 2. The average Bonchev–Trinajstić information content (AvgIpc) is 3.23. The number of esters is 1. The molecule has 5 rings (SSSR count). The zero-order chi connectivity index (χ0) is 21.0. The van der Waals surface area contributed by atoms with Crippen molar-refractivity contribution < 1.29 is 18.8 Å². The molecule has 2 aliphatic heterocycles. The molecule has 0 radical (unpaired) electrons. The third-order valence-electron chi connectivity index (χ3n) is 7.18. The first-order valence-corrected chi connectivity index (χ1v) is 10.5. The molecule has 6 heteroatoms. The summed E-state index contributed by atoms with van der Waals surface area (Å²) in [5.41, 5.74) is 3.01. The Labute approximate surface area is 175 Å². The van der Waals surface area contributed by atoms with Crippen LogP contribution in [0.25, 0.3) is 11.1 Å². The number of carbonyl (C=O) groups excluding carboxylic acids is 1. The van der Waals surface area contributed by atoms with E-state index in [1.807, 2.05) is 32.0 Å². The molecule has 0 amide bonds. The fourth-order valence-corrected chi connectivity index (χ4v) is 5.73. The molecule has 5 nitrogen and oxygen atoms in total. The van der Waals surface area contributed by atoms with Gasteiger partial charge in [0.05, 0.1) is 11.6 Å². The van der Waals surface area contributed by atoms with Crippen LogP contribution in [0.4, 0.5) is 4.39 Å². The molecular weight excluding hydrogens is 383 g/mol. The summed E-state index contributed by atoms with van der Waals surface area (Å²) in [5, 5.41) is 4.22. The summed E-state index contributed by atoms with van der Waals surface area (Å²) in [6.45, 7) is 6.11. The first-order chi connectivity index (χ1) is 14.4. The number of halogens is 1. The molecule has 1 saturated carbocycles. The first kappa shape index (κ1) is 19.2. The van der Waals surface area contributed by atoms with Gasteiger partial charge < -0.3 is 9.57 Å². The third-order valence-corrected chi connectivity index (χ3v) is 7.18. The van der Waals surface area contributed by atoms with E-state index in [0.29, 0.717) is 6.42 Å². The van der Waals surface area contributed by atoms with Crippen molar-refractivity contribution in [2.24, 2.45) is 22.9 Å². The molecule has 1 aromatic carbocycles. The first-order valence-electron chi connectivity index (χ1n) is 10.5. The van der Waals surface area contributed by atoms with E-state index in [1.54, 1.807) is 12.3 Å². The number of ether oxygens (including phenoxy) is 1. The molecule has 2 fully saturated rings. The number of carbonyl (C=O) groups is 1. The summed E-state index contributed by atoms with van der Waals surface area (Å²) in [7, 11) is 0. The Kier molecular flexibility index (Phi) is 4.42. The van der Waals surface area contributed by atoms with E-state index in [0.717, 1.165) is 29.0 Å². The van der Waals surface area contributed by atoms with E-state index in [2.05, 4.69) is 12.1 Å². The van der Waals surface area contributed by atoms with Crippen LogP contribution < -0.4 is 0 Å². The van der Waals surface area contributed by atoms with Gasteiger partial charge in [0, 0.05) is 48.0 Å². The van der Waals surface area contributed by atoms with Crippen LogP contribution in [0.1, 0.15) is 45.2 Å². The quantitative estimate of drug-likeness (QED) is 0.675. The number of nitrogens with zero attached hydrogens (tertiary/aromatic N) is 2. The number of fused-ring (bicyclic) bond motifs is 1. The predicted octanol–water partition coefficient (Wildman–Crippen LogP) is 4.72. The molecule has 156 valence electrons. The fourth-order valence-electron chi connectivity index (χ4n) is 5.73. The van der Waals surface area contributed by atoms with Crippen molar-refractivity contribution in [3.63, 3.8) is 0 Å². The highest BCUT2D eigenvalue weighted by molar-refractivity contribution is 5.84. The smallest absolute Gasteiger partial charge is 0.309 e. The zero-order valence-corrected chi connectivity index (χ0v) is 17.3. The summed E-state index contributed by atoms with van der Waals surface area (Å²) in [4.78, 5) is 23.4. The van der Waals surface area contributed by atoms with Gasteiger partial charge in [0.25, 0.3) is 0 Å². The molecule has 30 heavy (non-hydrogen) atoms. The van der Waals surface area contributed by atoms with Gasteiger partial charge in [-0.05, 0) is 37.6 Å². The largest absolute Gasteiger partial charge is 0.462 e. The Balaban J connectivity index is 1.53. The van der Waals surface area contributed by atoms with E-state index >= 15 is 0 Å². The third kappa shape index (κ3) is 2.92. The molecule has 0 N–H and O–H groups in total. The lowest BCUT2D eigenvalue weighted by Crippen LogP contribution is -2.51. The summed E-state index contributed by atoms with van der Waals surface area (Å²) in [5.74, 6) is -0.459. The van der Waals surface area contributed by atoms with Crippen molar-refractivity contribution in [3.8, 4) is 11.1 Å². The SMILES string of the molecule is CC1=NO[C@@]2(C1)C[C@H]1C(=O)O[C@H](C)[C@H]1[C@@H](c1ccc(-c3cccc(F)c3)cn1)[C@@H]2C. The highest BCUT2D eigenvalue weighted by atomic mass is 19.1. The maximum absolute atomic E-state index is 13.6. The number of cyclic esters (lactones) is 1. The van der Waals surface area contributed by atoms with Crippen LogP contribution in [0.3, 0.4) is 0 Å². The molecule has 1 aromatic heterocycles. The monoisotopic (exact) mass is 408 g/mol. The van der Waals surface area contributed by atoms with Gasteiger partial charge in [-0.25, -0.2) is 4.39 Å². The normalized spacial score (nSPS) is 35.0. The van der Waals surface area contributed by atoms with Crippen molar-refractivity contribution in [2.75, 3.05) is 0 Å². The number of aromatic nitrogens is 1. The standard InChI is InChI=1S/C24H25FN2O3/c1-13-10-24(30-27-13)11-19-22(15(3)29-23(19)28)21(14(24)2)20-8-7-17(12-26-20)16-5-4-6-18(25)9-16/h4-9,12,14-15,19,21-22H,10-11H2,1-3H3/t14-,15+,19+,21+,22+,24-/m0/s1. The van der Waals surface area contributed by atoms with Crippen molar-refractivity contribution >= 4 is 11.7 Å². The summed E-state index contributed by atoms with van der Waals surface area (Å²) < 4.78 is 19.3. The molecule has 3 aliphatic rings. The lowest BCUT2D eigenvalue weighted by molar-refractivity contribution is -0.149. The number of oxime groups is 1. The summed E-state index contributed by atoms with van der Waals surface area (Å²) in [6.07, 6.45) is 2.96. The molecule has 0 unspecified atom stereocenters. The van der Waals surface area contributed by atoms with Crippen molar-refractivity contribution in [3.05, 3.63) is 54.1 Å². The van der Waals surface area contributed by atoms with Crippen LogP contribution in [0.15, 0.2) is 47.8 Å². The Morgan fingerprint density at radius 3 is 2.67 bits per heavy atom. The highest BCUT2D eigenvalue weighted by Gasteiger charge is 2.61. The Hall–Kier alpha value is -2.76. The second-order valence-corrected chi connectivity index (χ2v) is 8.99. The van der Waals surface area contributed by atoms with Gasteiger partial charge in [-0.3, -0.25) is 9.78 Å². The zero-order valence-electron chi connectivity index (χ0n) is 17.3. The predicted molar refractivity (Wildman–Crippen MR) is 110 cm³/mol. The van der Waals surface area contributed by atoms with E-state index < -0.39 is 5.60 Å². The van der Waals surface area contributed by atoms with Crippen molar-refractivity contribution in [1.29, 1.82) is 0 Å². The van der Waals surface area contributed by atoms with E-state index in [1.165, 1.54) is 12.1 Å². The molecule has 1 aliphatic carbocycles. The van der Waals surface area contributed by atoms with Gasteiger partial charge in [-0.2, -0.15) is 0 Å². The molecule has 0 bridgehead atoms. The summed E-state index contributed by atoms with van der Waals surface area (Å²) >= 11 is 0. The molecule has 3 heterocycles. The van der Waals surface area contributed by atoms with Crippen LogP contribution in [0, 0.1) is 23.6 Å². The highest BCUT2D eigenvalue weighted by Crippen LogP contribution is 2.57. The van der Waals surface area contributed by atoms with Crippen LogP contribution in [-0.2, 0) is 14.4 Å². The minimum Gasteiger partial charge on any atom is -0.462 e. The van der Waals surface area contributed by atoms with Gasteiger partial charge in [0.15, 0.2) is 0 Å². The van der Waals surface area contributed by atoms with E-state index in [9.17, 15) is 9.18 Å². The fraction of sp³-hybridized carbons (Fsp3) is 0.458. The number of pyridine rings is 1. The van der Waals surface area contributed by atoms with Gasteiger partial charge in [0.2, 0.25) is 0 Å². The lowest BCUT2D eigenvalue weighted by atomic mass is 9.58. The Morgan fingerprint density at radius 2 is 2.00 bits per heavy atom. The molecule has 1 spiro atoms. The second kappa shape index (κ2) is 6.89. The average molecular weight is 408 g/mol. The number of hydrogen-bond acceptors (Lipinski definition) is 5. The number of hydrogen-bond donors (Lipinski definition) is 0. The maximum Gasteiger partial charge on any atom is 0.309 e. The van der Waals surface area contributed by atoms with E-state index in [4.69, 9.17) is 14.6 Å². The Morgan fingerprint density at radius 1 is 1.17 bits per heavy atom. The molecular formula is C24H25FN2O3. The number of benzene rings is 1. The minimum atomic E-state index is -0.498. The topological polar surface area (TPSA) is 60.8 Å². The van der Waals surface area contributed by atoms with Crippen LogP contribution in [0.2, 0.25) is 0 Å². The summed E-state index contributed by atoms with van der Waals surface area (Å²) in [6, 6.07) is 10.5. The molecule has 1 saturated heterocycles. The molecule has 6 atom stereocenters. The molecule has 2 aromatic rings.